The van der Waals surface area contributed by atoms with Crippen LogP contribution in [-0.4, -0.2) is 48.2 Å². The van der Waals surface area contributed by atoms with E-state index >= 15 is 0 Å². The number of hydrogen-bond donors (Lipinski definition) is 1. The van der Waals surface area contributed by atoms with Crippen LogP contribution < -0.4 is 23.8 Å². The molecule has 3 aromatic carbocycles. The third-order valence-electron chi connectivity index (χ3n) is 6.20. The van der Waals surface area contributed by atoms with Crippen molar-refractivity contribution in [2.45, 2.75) is 31.6 Å². The summed E-state index contributed by atoms with van der Waals surface area (Å²) in [6.45, 7) is 4.49. The fourth-order valence-corrected chi connectivity index (χ4v) is 5.48. The Labute approximate surface area is 225 Å². The predicted molar refractivity (Wildman–Crippen MR) is 149 cm³/mol. The molecule has 0 aliphatic rings. The Hall–Kier alpha value is -3.72. The quantitative estimate of drug-likeness (QED) is 0.319. The smallest absolute Gasteiger partial charge is 0.264 e. The molecule has 3 aromatic rings. The highest BCUT2D eigenvalue weighted by atomic mass is 32.2. The van der Waals surface area contributed by atoms with Crippen LogP contribution in [0.15, 0.2) is 77.7 Å². The van der Waals surface area contributed by atoms with Crippen LogP contribution in [-0.2, 0) is 21.2 Å². The fourth-order valence-electron chi connectivity index (χ4n) is 4.05. The van der Waals surface area contributed by atoms with Gasteiger partial charge < -0.3 is 19.5 Å². The van der Waals surface area contributed by atoms with Crippen LogP contribution in [0.1, 0.15) is 25.8 Å². The van der Waals surface area contributed by atoms with Gasteiger partial charge in [-0.1, -0.05) is 43.7 Å². The minimum atomic E-state index is -4.13. The SMILES string of the molecule is CCOc1ccc(N(CC(=O)NCC(CC)Cc2ccccc2)S(=O)(=O)c2ccc(OC)c(OC)c2)cc1. The fraction of sp³-hybridized carbons (Fsp3) is 0.345. The van der Waals surface area contributed by atoms with E-state index < -0.39 is 15.9 Å². The Kier molecular flexibility index (Phi) is 10.4. The Balaban J connectivity index is 1.84. The number of nitrogens with zero attached hydrogens (tertiary/aromatic N) is 1. The first kappa shape index (κ1) is 28.8. The zero-order valence-electron chi connectivity index (χ0n) is 22.3. The van der Waals surface area contributed by atoms with Crippen LogP contribution in [0.5, 0.6) is 17.2 Å². The van der Waals surface area contributed by atoms with Gasteiger partial charge in [-0.2, -0.15) is 0 Å². The lowest BCUT2D eigenvalue weighted by molar-refractivity contribution is -0.119. The number of carbonyl (C=O) groups excluding carboxylic acids is 1. The van der Waals surface area contributed by atoms with Crippen molar-refractivity contribution in [3.63, 3.8) is 0 Å². The van der Waals surface area contributed by atoms with Gasteiger partial charge in [-0.25, -0.2) is 8.42 Å². The van der Waals surface area contributed by atoms with Crippen molar-refractivity contribution < 1.29 is 27.4 Å². The first-order valence-electron chi connectivity index (χ1n) is 12.6. The minimum Gasteiger partial charge on any atom is -0.494 e. The second-order valence-corrected chi connectivity index (χ2v) is 10.6. The lowest BCUT2D eigenvalue weighted by atomic mass is 9.97. The van der Waals surface area contributed by atoms with E-state index in [2.05, 4.69) is 24.4 Å². The highest BCUT2D eigenvalue weighted by Crippen LogP contribution is 2.32. The van der Waals surface area contributed by atoms with Crippen LogP contribution in [0.25, 0.3) is 0 Å². The summed E-state index contributed by atoms with van der Waals surface area (Å²) in [5.41, 5.74) is 1.54. The molecule has 38 heavy (non-hydrogen) atoms. The molecule has 204 valence electrons. The molecular weight excluding hydrogens is 504 g/mol. The molecule has 0 aliphatic heterocycles. The van der Waals surface area contributed by atoms with E-state index in [0.29, 0.717) is 30.3 Å². The Morgan fingerprint density at radius 2 is 1.61 bits per heavy atom. The van der Waals surface area contributed by atoms with Gasteiger partial charge in [0, 0.05) is 12.6 Å². The van der Waals surface area contributed by atoms with Gasteiger partial charge in [0.15, 0.2) is 11.5 Å². The van der Waals surface area contributed by atoms with Crippen molar-refractivity contribution in [2.24, 2.45) is 5.92 Å². The molecule has 1 unspecified atom stereocenters. The molecule has 1 atom stereocenters. The molecule has 0 spiro atoms. The Bertz CT molecular complexity index is 1280. The number of carbonyl (C=O) groups is 1. The van der Waals surface area contributed by atoms with Crippen molar-refractivity contribution in [1.29, 1.82) is 0 Å². The Morgan fingerprint density at radius 1 is 0.921 bits per heavy atom. The summed E-state index contributed by atoms with van der Waals surface area (Å²) >= 11 is 0. The van der Waals surface area contributed by atoms with Crippen molar-refractivity contribution in [2.75, 3.05) is 38.2 Å². The monoisotopic (exact) mass is 540 g/mol. The predicted octanol–water partition coefficient (Wildman–Crippen LogP) is 4.68. The molecule has 1 N–H and O–H groups in total. The molecule has 0 radical (unpaired) electrons. The molecule has 0 aromatic heterocycles. The van der Waals surface area contributed by atoms with Gasteiger partial charge >= 0.3 is 0 Å². The normalized spacial score (nSPS) is 11.9. The van der Waals surface area contributed by atoms with Crippen LogP contribution in [0.4, 0.5) is 5.69 Å². The number of methoxy groups -OCH3 is 2. The number of benzene rings is 3. The van der Waals surface area contributed by atoms with E-state index in [1.54, 1.807) is 24.3 Å². The maximum atomic E-state index is 13.8. The lowest BCUT2D eigenvalue weighted by Crippen LogP contribution is -2.42. The molecule has 0 heterocycles. The topological polar surface area (TPSA) is 94.2 Å². The highest BCUT2D eigenvalue weighted by Gasteiger charge is 2.28. The molecule has 8 nitrogen and oxygen atoms in total. The van der Waals surface area contributed by atoms with Crippen LogP contribution in [0.3, 0.4) is 0 Å². The number of nitrogens with one attached hydrogen (secondary N) is 1. The average Bonchev–Trinajstić information content (AvgIpc) is 2.94. The van der Waals surface area contributed by atoms with Gasteiger partial charge in [0.25, 0.3) is 10.0 Å². The summed E-state index contributed by atoms with van der Waals surface area (Å²) < 4.78 is 44.7. The van der Waals surface area contributed by atoms with Gasteiger partial charge in [-0.3, -0.25) is 9.10 Å². The summed E-state index contributed by atoms with van der Waals surface area (Å²) in [7, 11) is -1.22. The second-order valence-electron chi connectivity index (χ2n) is 8.72. The van der Waals surface area contributed by atoms with E-state index in [4.69, 9.17) is 14.2 Å². The molecule has 0 saturated carbocycles. The standard InChI is InChI=1S/C29H36N2O6S/c1-5-22(18-23-10-8-7-9-11-23)20-30-29(32)21-31(24-12-14-25(15-13-24)37-6-2)38(33,34)26-16-17-27(35-3)28(19-26)36-4/h7-17,19,22H,5-6,18,20-21H2,1-4H3,(H,30,32). The van der Waals surface area contributed by atoms with Gasteiger partial charge in [0.2, 0.25) is 5.91 Å². The van der Waals surface area contributed by atoms with E-state index in [1.165, 1.54) is 38.0 Å². The third-order valence-corrected chi connectivity index (χ3v) is 7.97. The van der Waals surface area contributed by atoms with Gasteiger partial charge in [0.05, 0.1) is 31.4 Å². The number of sulfonamides is 1. The zero-order valence-corrected chi connectivity index (χ0v) is 23.2. The van der Waals surface area contributed by atoms with Crippen molar-refractivity contribution >= 4 is 21.6 Å². The summed E-state index contributed by atoms with van der Waals surface area (Å²) in [5.74, 6) is 1.12. The molecule has 1 amide bonds. The number of ether oxygens (including phenoxy) is 3. The van der Waals surface area contributed by atoms with Crippen molar-refractivity contribution in [3.8, 4) is 17.2 Å². The maximum absolute atomic E-state index is 13.8. The Morgan fingerprint density at radius 3 is 2.21 bits per heavy atom. The molecule has 0 bridgehead atoms. The molecular formula is C29H36N2O6S. The molecule has 3 rings (SSSR count). The number of rotatable bonds is 14. The summed E-state index contributed by atoms with van der Waals surface area (Å²) in [4.78, 5) is 13.1. The first-order chi connectivity index (χ1) is 18.3. The number of anilines is 1. The zero-order chi connectivity index (χ0) is 27.5. The molecule has 0 fully saturated rings. The molecule has 0 saturated heterocycles. The van der Waals surface area contributed by atoms with E-state index in [0.717, 1.165) is 17.1 Å². The molecule has 9 heteroatoms. The lowest BCUT2D eigenvalue weighted by Gasteiger charge is -2.25. The van der Waals surface area contributed by atoms with Crippen LogP contribution in [0.2, 0.25) is 0 Å². The summed E-state index contributed by atoms with van der Waals surface area (Å²) in [5, 5.41) is 2.94. The first-order valence-corrected chi connectivity index (χ1v) is 14.0. The van der Waals surface area contributed by atoms with Crippen LogP contribution in [0, 0.1) is 5.92 Å². The highest BCUT2D eigenvalue weighted by molar-refractivity contribution is 7.92. The van der Waals surface area contributed by atoms with Gasteiger partial charge in [-0.05, 0) is 61.2 Å². The maximum Gasteiger partial charge on any atom is 0.264 e. The van der Waals surface area contributed by atoms with E-state index in [-0.39, 0.29) is 23.1 Å². The summed E-state index contributed by atoms with van der Waals surface area (Å²) in [6, 6.07) is 21.1. The number of amides is 1. The van der Waals surface area contributed by atoms with E-state index in [1.807, 2.05) is 25.1 Å². The van der Waals surface area contributed by atoms with Crippen molar-refractivity contribution in [1.82, 2.24) is 5.32 Å². The second kappa shape index (κ2) is 13.7. The van der Waals surface area contributed by atoms with Crippen molar-refractivity contribution in [3.05, 3.63) is 78.4 Å². The minimum absolute atomic E-state index is 0.0210. The number of hydrogen-bond acceptors (Lipinski definition) is 6. The van der Waals surface area contributed by atoms with E-state index in [9.17, 15) is 13.2 Å². The average molecular weight is 541 g/mol. The third kappa shape index (κ3) is 7.41. The van der Waals surface area contributed by atoms with Gasteiger partial charge in [0.1, 0.15) is 12.3 Å². The summed E-state index contributed by atoms with van der Waals surface area (Å²) in [6.07, 6.45) is 1.70. The molecule has 0 aliphatic carbocycles. The van der Waals surface area contributed by atoms with Gasteiger partial charge in [-0.15, -0.1) is 0 Å². The largest absolute Gasteiger partial charge is 0.494 e. The van der Waals surface area contributed by atoms with Crippen LogP contribution >= 0.6 is 0 Å².